The van der Waals surface area contributed by atoms with E-state index < -0.39 is 5.54 Å². The molecular formula is C16H25N3O2S. The molecule has 0 bridgehead atoms. The molecule has 0 radical (unpaired) electrons. The van der Waals surface area contributed by atoms with Crippen LogP contribution in [0.4, 0.5) is 0 Å². The van der Waals surface area contributed by atoms with Gasteiger partial charge in [-0.05, 0) is 50.2 Å². The number of ether oxygens (including phenoxy) is 1. The summed E-state index contributed by atoms with van der Waals surface area (Å²) in [4.78, 5) is 16.3. The number of hydrogen-bond donors (Lipinski definition) is 2. The molecule has 3 heterocycles. The Hall–Kier alpha value is -0.950. The fraction of sp³-hybridized carbons (Fsp3) is 0.688. The Morgan fingerprint density at radius 1 is 1.41 bits per heavy atom. The van der Waals surface area contributed by atoms with Gasteiger partial charge in [0, 0.05) is 24.6 Å². The predicted octanol–water partition coefficient (Wildman–Crippen LogP) is 1.51. The summed E-state index contributed by atoms with van der Waals surface area (Å²) in [7, 11) is 0. The Labute approximate surface area is 135 Å². The van der Waals surface area contributed by atoms with Crippen molar-refractivity contribution < 1.29 is 9.53 Å². The first-order valence-electron chi connectivity index (χ1n) is 8.11. The molecule has 2 aliphatic heterocycles. The van der Waals surface area contributed by atoms with Gasteiger partial charge in [-0.3, -0.25) is 9.69 Å². The number of thiophene rings is 1. The number of nitrogens with one attached hydrogen (secondary N) is 1. The van der Waals surface area contributed by atoms with Gasteiger partial charge < -0.3 is 15.8 Å². The Kier molecular flexibility index (Phi) is 5.13. The number of amides is 1. The van der Waals surface area contributed by atoms with Gasteiger partial charge in [0.2, 0.25) is 5.91 Å². The Bertz CT molecular complexity index is 480. The highest BCUT2D eigenvalue weighted by Gasteiger charge is 2.36. The second-order valence-corrected chi connectivity index (χ2v) is 7.23. The normalized spacial score (nSPS) is 23.3. The zero-order chi connectivity index (χ0) is 15.4. The van der Waals surface area contributed by atoms with Gasteiger partial charge in [-0.1, -0.05) is 6.07 Å². The summed E-state index contributed by atoms with van der Waals surface area (Å²) in [6, 6.07) is 4.51. The van der Waals surface area contributed by atoms with Crippen LogP contribution in [0, 0.1) is 0 Å². The summed E-state index contributed by atoms with van der Waals surface area (Å²) >= 11 is 1.76. The minimum absolute atomic E-state index is 0.0310. The van der Waals surface area contributed by atoms with Crippen molar-refractivity contribution in [3.8, 4) is 0 Å². The number of likely N-dealkylation sites (tertiary alicyclic amines) is 1. The Balaban J connectivity index is 1.62. The molecule has 0 aliphatic carbocycles. The second-order valence-electron chi connectivity index (χ2n) is 6.25. The predicted molar refractivity (Wildman–Crippen MR) is 87.8 cm³/mol. The monoisotopic (exact) mass is 323 g/mol. The summed E-state index contributed by atoms with van der Waals surface area (Å²) in [5.41, 5.74) is 5.50. The van der Waals surface area contributed by atoms with Crippen molar-refractivity contribution in [2.24, 2.45) is 5.73 Å². The fourth-order valence-electron chi connectivity index (χ4n) is 3.27. The highest BCUT2D eigenvalue weighted by Crippen LogP contribution is 2.28. The van der Waals surface area contributed by atoms with E-state index in [0.717, 1.165) is 13.1 Å². The summed E-state index contributed by atoms with van der Waals surface area (Å²) in [6.45, 7) is 4.01. The van der Waals surface area contributed by atoms with Gasteiger partial charge in [-0.2, -0.15) is 0 Å². The Morgan fingerprint density at radius 3 is 2.77 bits per heavy atom. The second kappa shape index (κ2) is 7.08. The molecule has 0 aromatic carbocycles. The lowest BCUT2D eigenvalue weighted by atomic mass is 9.90. The molecule has 3 N–H and O–H groups in total. The fourth-order valence-corrected chi connectivity index (χ4v) is 4.13. The largest absolute Gasteiger partial charge is 0.381 e. The van der Waals surface area contributed by atoms with Crippen LogP contribution in [0.25, 0.3) is 0 Å². The van der Waals surface area contributed by atoms with E-state index in [1.54, 1.807) is 11.3 Å². The van der Waals surface area contributed by atoms with Crippen LogP contribution >= 0.6 is 11.3 Å². The number of nitrogens with two attached hydrogens (primary N) is 1. The van der Waals surface area contributed by atoms with Gasteiger partial charge in [-0.25, -0.2) is 0 Å². The van der Waals surface area contributed by atoms with Crippen molar-refractivity contribution in [1.29, 1.82) is 0 Å². The molecule has 0 saturated carbocycles. The highest BCUT2D eigenvalue weighted by molar-refractivity contribution is 7.10. The number of carbonyl (C=O) groups is 1. The lowest BCUT2D eigenvalue weighted by Crippen LogP contribution is -2.57. The third-order valence-electron chi connectivity index (χ3n) is 4.75. The summed E-state index contributed by atoms with van der Waals surface area (Å²) in [6.07, 6.45) is 3.69. The third kappa shape index (κ3) is 3.51. The molecule has 1 amide bonds. The quantitative estimate of drug-likeness (QED) is 0.862. The molecule has 5 nitrogen and oxygen atoms in total. The molecule has 1 unspecified atom stereocenters. The van der Waals surface area contributed by atoms with Crippen molar-refractivity contribution >= 4 is 17.2 Å². The molecule has 2 fully saturated rings. The molecule has 1 aromatic rings. The van der Waals surface area contributed by atoms with Gasteiger partial charge in [0.25, 0.3) is 0 Å². The van der Waals surface area contributed by atoms with Gasteiger partial charge >= 0.3 is 0 Å². The van der Waals surface area contributed by atoms with Gasteiger partial charge in [-0.15, -0.1) is 11.3 Å². The van der Waals surface area contributed by atoms with E-state index in [2.05, 4.69) is 27.7 Å². The average Bonchev–Trinajstić information content (AvgIpc) is 3.22. The molecular weight excluding hydrogens is 298 g/mol. The number of hydrogen-bond acceptors (Lipinski definition) is 5. The van der Waals surface area contributed by atoms with Crippen molar-refractivity contribution in [2.75, 3.05) is 32.8 Å². The SMILES string of the molecule is NC1(C(=O)NCC(c2cccs2)N2CCCC2)CCOCC1. The van der Waals surface area contributed by atoms with Crippen LogP contribution in [0.1, 0.15) is 36.6 Å². The molecule has 0 spiro atoms. The van der Waals surface area contributed by atoms with Gasteiger partial charge in [0.15, 0.2) is 0 Å². The van der Waals surface area contributed by atoms with E-state index >= 15 is 0 Å². The van der Waals surface area contributed by atoms with E-state index in [-0.39, 0.29) is 11.9 Å². The molecule has 22 heavy (non-hydrogen) atoms. The van der Waals surface area contributed by atoms with Crippen molar-refractivity contribution in [1.82, 2.24) is 10.2 Å². The molecule has 2 saturated heterocycles. The van der Waals surface area contributed by atoms with Crippen LogP contribution < -0.4 is 11.1 Å². The van der Waals surface area contributed by atoms with Crippen molar-refractivity contribution in [3.63, 3.8) is 0 Å². The lowest BCUT2D eigenvalue weighted by molar-refractivity contribution is -0.130. The smallest absolute Gasteiger partial charge is 0.240 e. The maximum absolute atomic E-state index is 12.5. The molecule has 1 atom stereocenters. The maximum atomic E-state index is 12.5. The number of carbonyl (C=O) groups excluding carboxylic acids is 1. The minimum Gasteiger partial charge on any atom is -0.381 e. The number of nitrogens with zero attached hydrogens (tertiary/aromatic N) is 1. The van der Waals surface area contributed by atoms with Gasteiger partial charge in [0.1, 0.15) is 0 Å². The average molecular weight is 323 g/mol. The van der Waals surface area contributed by atoms with Crippen molar-refractivity contribution in [3.05, 3.63) is 22.4 Å². The highest BCUT2D eigenvalue weighted by atomic mass is 32.1. The lowest BCUT2D eigenvalue weighted by Gasteiger charge is -2.33. The molecule has 2 aliphatic rings. The summed E-state index contributed by atoms with van der Waals surface area (Å²) < 4.78 is 5.31. The number of rotatable bonds is 5. The first-order valence-corrected chi connectivity index (χ1v) is 8.99. The van der Waals surface area contributed by atoms with Crippen LogP contribution in [0.5, 0.6) is 0 Å². The summed E-state index contributed by atoms with van der Waals surface area (Å²) in [5, 5.41) is 5.20. The molecule has 122 valence electrons. The van der Waals surface area contributed by atoms with E-state index in [1.807, 2.05) is 0 Å². The van der Waals surface area contributed by atoms with Crippen LogP contribution in [0.15, 0.2) is 17.5 Å². The van der Waals surface area contributed by atoms with Crippen LogP contribution in [0.3, 0.4) is 0 Å². The maximum Gasteiger partial charge on any atom is 0.240 e. The van der Waals surface area contributed by atoms with Crippen LogP contribution in [0.2, 0.25) is 0 Å². The van der Waals surface area contributed by atoms with Gasteiger partial charge in [0.05, 0.1) is 11.6 Å². The molecule has 3 rings (SSSR count). The molecule has 1 aromatic heterocycles. The Morgan fingerprint density at radius 2 is 2.14 bits per heavy atom. The first-order chi connectivity index (χ1) is 10.7. The van der Waals surface area contributed by atoms with E-state index in [1.165, 1.54) is 17.7 Å². The zero-order valence-corrected chi connectivity index (χ0v) is 13.7. The molecule has 6 heteroatoms. The minimum atomic E-state index is -0.761. The van der Waals surface area contributed by atoms with E-state index in [0.29, 0.717) is 32.6 Å². The zero-order valence-electron chi connectivity index (χ0n) is 12.9. The standard InChI is InChI=1S/C16H25N3O2S/c17-16(5-9-21-10-6-16)15(20)18-12-13(14-4-3-11-22-14)19-7-1-2-8-19/h3-4,11,13H,1-2,5-10,12,17H2,(H,18,20). The summed E-state index contributed by atoms with van der Waals surface area (Å²) in [5.74, 6) is -0.0310. The van der Waals surface area contributed by atoms with Crippen LogP contribution in [-0.2, 0) is 9.53 Å². The van der Waals surface area contributed by atoms with Crippen molar-refractivity contribution in [2.45, 2.75) is 37.3 Å². The van der Waals surface area contributed by atoms with Crippen LogP contribution in [-0.4, -0.2) is 49.2 Å². The van der Waals surface area contributed by atoms with E-state index in [9.17, 15) is 4.79 Å². The topological polar surface area (TPSA) is 67.6 Å². The first kappa shape index (κ1) is 15.9. The van der Waals surface area contributed by atoms with E-state index in [4.69, 9.17) is 10.5 Å². The third-order valence-corrected chi connectivity index (χ3v) is 5.72.